The Kier molecular flexibility index (Phi) is 6.22. The van der Waals surface area contributed by atoms with Gasteiger partial charge in [-0.1, -0.05) is 40.2 Å². The zero-order valence-electron chi connectivity index (χ0n) is 18.3. The zero-order valence-corrected chi connectivity index (χ0v) is 21.5. The fourth-order valence-electron chi connectivity index (χ4n) is 4.11. The molecule has 1 aliphatic rings. The molecule has 1 saturated heterocycles. The van der Waals surface area contributed by atoms with E-state index >= 15 is 0 Å². The third kappa shape index (κ3) is 4.37. The van der Waals surface area contributed by atoms with Crippen LogP contribution in [0.25, 0.3) is 22.2 Å². The van der Waals surface area contributed by atoms with Gasteiger partial charge < -0.3 is 14.2 Å². The molecule has 0 bridgehead atoms. The summed E-state index contributed by atoms with van der Waals surface area (Å²) in [5.41, 5.74) is 2.85. The van der Waals surface area contributed by atoms with Crippen LogP contribution in [0.2, 0.25) is 0 Å². The van der Waals surface area contributed by atoms with Crippen molar-refractivity contribution in [3.8, 4) is 11.3 Å². The number of nitrogens with zero attached hydrogens (tertiary/aromatic N) is 4. The summed E-state index contributed by atoms with van der Waals surface area (Å²) < 4.78 is 6.91. The third-order valence-corrected chi connectivity index (χ3v) is 6.99. The van der Waals surface area contributed by atoms with Gasteiger partial charge in [-0.25, -0.2) is 4.79 Å². The number of aromatic nitrogens is 2. The van der Waals surface area contributed by atoms with Gasteiger partial charge in [0, 0.05) is 41.6 Å². The highest BCUT2D eigenvalue weighted by atomic mass is 79.9. The summed E-state index contributed by atoms with van der Waals surface area (Å²) in [6, 6.07) is 17.2. The highest BCUT2D eigenvalue weighted by Crippen LogP contribution is 2.28. The number of piperazine rings is 1. The van der Waals surface area contributed by atoms with Crippen molar-refractivity contribution in [1.29, 1.82) is 0 Å². The molecule has 34 heavy (non-hydrogen) atoms. The van der Waals surface area contributed by atoms with Crippen LogP contribution in [0.4, 0.5) is 5.82 Å². The third-order valence-electron chi connectivity index (χ3n) is 5.94. The summed E-state index contributed by atoms with van der Waals surface area (Å²) in [6.07, 6.45) is 0. The molecule has 2 aromatic heterocycles. The Bertz CT molecular complexity index is 1450. The predicted octanol–water partition coefficient (Wildman–Crippen LogP) is 5.05. The lowest BCUT2D eigenvalue weighted by molar-refractivity contribution is 0.0742. The molecule has 0 radical (unpaired) electrons. The van der Waals surface area contributed by atoms with E-state index in [9.17, 15) is 9.59 Å². The highest BCUT2D eigenvalue weighted by Gasteiger charge is 2.26. The quantitative estimate of drug-likeness (QED) is 0.314. The van der Waals surface area contributed by atoms with Crippen LogP contribution >= 0.6 is 31.9 Å². The summed E-state index contributed by atoms with van der Waals surface area (Å²) >= 11 is 6.82. The zero-order chi connectivity index (χ0) is 23.8. The van der Waals surface area contributed by atoms with E-state index < -0.39 is 5.63 Å². The van der Waals surface area contributed by atoms with Crippen molar-refractivity contribution < 1.29 is 9.21 Å². The summed E-state index contributed by atoms with van der Waals surface area (Å²) in [7, 11) is 0. The number of benzene rings is 2. The SMILES string of the molecule is Cc1ccccc1-c1ccc(N2CCN(C(=O)c3cc4cc(Br)cc(Br)c4oc3=O)CC2)nn1. The molecule has 0 spiro atoms. The van der Waals surface area contributed by atoms with Crippen LogP contribution in [-0.4, -0.2) is 47.2 Å². The molecule has 9 heteroatoms. The number of hydrogen-bond donors (Lipinski definition) is 0. The Balaban J connectivity index is 1.30. The van der Waals surface area contributed by atoms with E-state index in [1.807, 2.05) is 36.4 Å². The van der Waals surface area contributed by atoms with Crippen molar-refractivity contribution in [2.75, 3.05) is 31.1 Å². The molecule has 2 aromatic carbocycles. The first-order valence-electron chi connectivity index (χ1n) is 10.8. The molecular formula is C25H20Br2N4O3. The minimum Gasteiger partial charge on any atom is -0.421 e. The smallest absolute Gasteiger partial charge is 0.349 e. The molecule has 0 N–H and O–H groups in total. The van der Waals surface area contributed by atoms with E-state index in [4.69, 9.17) is 4.42 Å². The van der Waals surface area contributed by atoms with Gasteiger partial charge in [-0.3, -0.25) is 4.79 Å². The Labute approximate surface area is 212 Å². The van der Waals surface area contributed by atoms with Crippen molar-refractivity contribution in [1.82, 2.24) is 15.1 Å². The molecule has 1 amide bonds. The molecule has 0 aliphatic carbocycles. The lowest BCUT2D eigenvalue weighted by Crippen LogP contribution is -2.49. The fraction of sp³-hybridized carbons (Fsp3) is 0.200. The minimum atomic E-state index is -0.638. The van der Waals surface area contributed by atoms with E-state index in [0.29, 0.717) is 41.6 Å². The van der Waals surface area contributed by atoms with Crippen molar-refractivity contribution >= 4 is 54.6 Å². The van der Waals surface area contributed by atoms with Gasteiger partial charge in [0.1, 0.15) is 5.56 Å². The van der Waals surface area contributed by atoms with Crippen LogP contribution < -0.4 is 10.5 Å². The van der Waals surface area contributed by atoms with E-state index in [2.05, 4.69) is 59.9 Å². The molecule has 3 heterocycles. The predicted molar refractivity (Wildman–Crippen MR) is 138 cm³/mol. The van der Waals surface area contributed by atoms with Gasteiger partial charge in [0.05, 0.1) is 10.2 Å². The first-order valence-corrected chi connectivity index (χ1v) is 12.4. The van der Waals surface area contributed by atoms with Crippen molar-refractivity contribution in [3.63, 3.8) is 0 Å². The van der Waals surface area contributed by atoms with E-state index in [1.54, 1.807) is 17.0 Å². The van der Waals surface area contributed by atoms with Crippen LogP contribution in [0.3, 0.4) is 0 Å². The standard InChI is InChI=1S/C25H20Br2N4O3/c1-15-4-2-3-5-18(15)21-6-7-22(29-28-21)30-8-10-31(11-9-30)24(32)19-13-16-12-17(26)14-20(27)23(16)34-25(19)33/h2-7,12-14H,8-11H2,1H3. The fourth-order valence-corrected chi connectivity index (χ4v) is 5.45. The lowest BCUT2D eigenvalue weighted by Gasteiger charge is -2.35. The van der Waals surface area contributed by atoms with E-state index in [0.717, 1.165) is 27.1 Å². The summed E-state index contributed by atoms with van der Waals surface area (Å²) in [5.74, 6) is 0.441. The van der Waals surface area contributed by atoms with Gasteiger partial charge >= 0.3 is 5.63 Å². The second kappa shape index (κ2) is 9.31. The van der Waals surface area contributed by atoms with Crippen LogP contribution in [0.15, 0.2) is 72.8 Å². The van der Waals surface area contributed by atoms with Crippen LogP contribution in [-0.2, 0) is 0 Å². The van der Waals surface area contributed by atoms with E-state index in [-0.39, 0.29) is 11.5 Å². The van der Waals surface area contributed by atoms with Gasteiger partial charge in [0.25, 0.3) is 5.91 Å². The Morgan fingerprint density at radius 1 is 0.971 bits per heavy atom. The van der Waals surface area contributed by atoms with E-state index in [1.165, 1.54) is 0 Å². The first-order chi connectivity index (χ1) is 16.4. The maximum atomic E-state index is 13.1. The number of anilines is 1. The lowest BCUT2D eigenvalue weighted by atomic mass is 10.1. The van der Waals surface area contributed by atoms with Crippen molar-refractivity contribution in [3.05, 3.63) is 85.1 Å². The average Bonchev–Trinajstić information content (AvgIpc) is 2.84. The minimum absolute atomic E-state index is 0.0355. The first kappa shape index (κ1) is 22.7. The highest BCUT2D eigenvalue weighted by molar-refractivity contribution is 9.11. The molecular weight excluding hydrogens is 564 g/mol. The van der Waals surface area contributed by atoms with Crippen molar-refractivity contribution in [2.24, 2.45) is 0 Å². The number of aryl methyl sites for hydroxylation is 1. The number of hydrogen-bond acceptors (Lipinski definition) is 6. The number of amides is 1. The molecule has 1 aliphatic heterocycles. The maximum absolute atomic E-state index is 13.1. The van der Waals surface area contributed by atoms with Gasteiger partial charge in [0.15, 0.2) is 11.4 Å². The number of halogens is 2. The molecule has 4 aromatic rings. The maximum Gasteiger partial charge on any atom is 0.349 e. The molecule has 7 nitrogen and oxygen atoms in total. The number of carbonyl (C=O) groups is 1. The monoisotopic (exact) mass is 582 g/mol. The normalized spacial score (nSPS) is 14.0. The number of carbonyl (C=O) groups excluding carboxylic acids is 1. The van der Waals surface area contributed by atoms with Gasteiger partial charge in [-0.05, 0) is 58.7 Å². The Morgan fingerprint density at radius 3 is 2.44 bits per heavy atom. The largest absolute Gasteiger partial charge is 0.421 e. The van der Waals surface area contributed by atoms with Gasteiger partial charge in [0.2, 0.25) is 0 Å². The topological polar surface area (TPSA) is 79.5 Å². The second-order valence-electron chi connectivity index (χ2n) is 8.12. The van der Waals surface area contributed by atoms with Gasteiger partial charge in [-0.15, -0.1) is 10.2 Å². The van der Waals surface area contributed by atoms with Crippen molar-refractivity contribution in [2.45, 2.75) is 6.92 Å². The van der Waals surface area contributed by atoms with Crippen LogP contribution in [0.5, 0.6) is 0 Å². The van der Waals surface area contributed by atoms with Crippen LogP contribution in [0, 0.1) is 6.92 Å². The summed E-state index contributed by atoms with van der Waals surface area (Å²) in [6.45, 7) is 4.19. The molecule has 1 fully saturated rings. The summed E-state index contributed by atoms with van der Waals surface area (Å²) in [4.78, 5) is 29.4. The molecule has 0 atom stereocenters. The Hall–Kier alpha value is -3.04. The molecule has 5 rings (SSSR count). The summed E-state index contributed by atoms with van der Waals surface area (Å²) in [5, 5.41) is 9.49. The second-order valence-corrected chi connectivity index (χ2v) is 9.89. The van der Waals surface area contributed by atoms with Crippen LogP contribution in [0.1, 0.15) is 15.9 Å². The number of fused-ring (bicyclic) bond motifs is 1. The molecule has 0 unspecified atom stereocenters. The average molecular weight is 584 g/mol. The van der Waals surface area contributed by atoms with Gasteiger partial charge in [-0.2, -0.15) is 0 Å². The molecule has 172 valence electrons. The number of rotatable bonds is 3. The molecule has 0 saturated carbocycles. The Morgan fingerprint density at radius 2 is 1.74 bits per heavy atom.